The number of benzene rings is 1. The van der Waals surface area contributed by atoms with Gasteiger partial charge in [-0.1, -0.05) is 18.2 Å². The molecule has 0 aliphatic heterocycles. The number of fused-ring (bicyclic) bond motifs is 3. The second-order valence-corrected chi connectivity index (χ2v) is 3.95. The van der Waals surface area contributed by atoms with Crippen molar-refractivity contribution in [3.8, 4) is 0 Å². The van der Waals surface area contributed by atoms with Crippen molar-refractivity contribution in [2.24, 2.45) is 5.73 Å². The number of nitrogens with one attached hydrogen (secondary N) is 1. The smallest absolute Gasteiger partial charge is 0.330 e. The van der Waals surface area contributed by atoms with Gasteiger partial charge in [-0.05, 0) is 18.7 Å². The van der Waals surface area contributed by atoms with E-state index in [0.29, 0.717) is 13.0 Å². The number of para-hydroxylation sites is 1. The van der Waals surface area contributed by atoms with Crippen LogP contribution in [0.2, 0.25) is 0 Å². The third-order valence-corrected chi connectivity index (χ3v) is 2.80. The van der Waals surface area contributed by atoms with E-state index in [9.17, 15) is 4.79 Å². The Balaban J connectivity index is 2.43. The van der Waals surface area contributed by atoms with E-state index in [1.165, 1.54) is 4.52 Å². The SMILES string of the molecule is NCCc1cc2c3ccccc3[nH]c(=O)n2n1. The minimum absolute atomic E-state index is 0.220. The number of aromatic amines is 1. The zero-order valence-electron chi connectivity index (χ0n) is 9.18. The van der Waals surface area contributed by atoms with Crippen LogP contribution in [0.15, 0.2) is 35.1 Å². The van der Waals surface area contributed by atoms with Crippen molar-refractivity contribution in [2.45, 2.75) is 6.42 Å². The van der Waals surface area contributed by atoms with Crippen LogP contribution in [0.25, 0.3) is 16.4 Å². The van der Waals surface area contributed by atoms with Gasteiger partial charge in [-0.3, -0.25) is 0 Å². The first-order valence-corrected chi connectivity index (χ1v) is 5.49. The number of hydrogen-bond acceptors (Lipinski definition) is 3. The molecule has 0 unspecified atom stereocenters. The molecule has 1 aromatic carbocycles. The van der Waals surface area contributed by atoms with Gasteiger partial charge in [0.25, 0.3) is 0 Å². The average molecular weight is 228 g/mol. The van der Waals surface area contributed by atoms with Crippen LogP contribution in [0.5, 0.6) is 0 Å². The predicted octanol–water partition coefficient (Wildman–Crippen LogP) is 0.677. The summed E-state index contributed by atoms with van der Waals surface area (Å²) in [5, 5.41) is 5.23. The maximum Gasteiger partial charge on any atom is 0.347 e. The fourth-order valence-electron chi connectivity index (χ4n) is 2.03. The highest BCUT2D eigenvalue weighted by Crippen LogP contribution is 2.16. The van der Waals surface area contributed by atoms with Crippen LogP contribution in [-0.4, -0.2) is 21.1 Å². The molecule has 0 saturated carbocycles. The molecule has 0 radical (unpaired) electrons. The first kappa shape index (κ1) is 10.0. The number of aromatic nitrogens is 3. The molecule has 5 heteroatoms. The predicted molar refractivity (Wildman–Crippen MR) is 66.1 cm³/mol. The molecule has 0 bridgehead atoms. The van der Waals surface area contributed by atoms with Crippen LogP contribution in [0, 0.1) is 0 Å². The maximum absolute atomic E-state index is 11.8. The van der Waals surface area contributed by atoms with Crippen molar-refractivity contribution < 1.29 is 0 Å². The fraction of sp³-hybridized carbons (Fsp3) is 0.167. The first-order chi connectivity index (χ1) is 8.29. The van der Waals surface area contributed by atoms with E-state index in [1.807, 2.05) is 30.3 Å². The highest BCUT2D eigenvalue weighted by atomic mass is 16.1. The molecular formula is C12H12N4O. The van der Waals surface area contributed by atoms with E-state index < -0.39 is 0 Å². The molecule has 0 spiro atoms. The topological polar surface area (TPSA) is 76.2 Å². The molecule has 0 saturated heterocycles. The standard InChI is InChI=1S/C12H12N4O/c13-6-5-8-7-11-9-3-1-2-4-10(9)14-12(17)16(11)15-8/h1-4,7H,5-6,13H2,(H,14,17). The van der Waals surface area contributed by atoms with E-state index in [-0.39, 0.29) is 5.69 Å². The quantitative estimate of drug-likeness (QED) is 0.677. The molecule has 0 fully saturated rings. The number of nitrogens with zero attached hydrogens (tertiary/aromatic N) is 2. The van der Waals surface area contributed by atoms with Gasteiger partial charge in [0.15, 0.2) is 0 Å². The highest BCUT2D eigenvalue weighted by molar-refractivity contribution is 5.93. The Kier molecular flexibility index (Phi) is 2.19. The molecule has 0 atom stereocenters. The van der Waals surface area contributed by atoms with Gasteiger partial charge in [0, 0.05) is 11.8 Å². The Labute approximate surface area is 96.9 Å². The van der Waals surface area contributed by atoms with Crippen molar-refractivity contribution in [3.63, 3.8) is 0 Å². The molecule has 86 valence electrons. The van der Waals surface area contributed by atoms with Crippen molar-refractivity contribution in [1.82, 2.24) is 14.6 Å². The highest BCUT2D eigenvalue weighted by Gasteiger charge is 2.07. The molecule has 3 N–H and O–H groups in total. The summed E-state index contributed by atoms with van der Waals surface area (Å²) in [5.41, 5.74) is 7.77. The first-order valence-electron chi connectivity index (χ1n) is 5.49. The Morgan fingerprint density at radius 1 is 1.35 bits per heavy atom. The van der Waals surface area contributed by atoms with E-state index in [0.717, 1.165) is 22.1 Å². The van der Waals surface area contributed by atoms with Crippen LogP contribution in [0.3, 0.4) is 0 Å². The second-order valence-electron chi connectivity index (χ2n) is 3.95. The van der Waals surface area contributed by atoms with Gasteiger partial charge in [-0.2, -0.15) is 9.61 Å². The molecule has 3 rings (SSSR count). The summed E-state index contributed by atoms with van der Waals surface area (Å²) in [5.74, 6) is 0. The molecule has 0 amide bonds. The number of hydrogen-bond donors (Lipinski definition) is 2. The Bertz CT molecular complexity index is 741. The minimum atomic E-state index is -0.220. The maximum atomic E-state index is 11.8. The Hall–Kier alpha value is -2.14. The number of H-pyrrole nitrogens is 1. The van der Waals surface area contributed by atoms with E-state index in [4.69, 9.17) is 5.73 Å². The summed E-state index contributed by atoms with van der Waals surface area (Å²) in [7, 11) is 0. The molecule has 3 aromatic rings. The van der Waals surface area contributed by atoms with Crippen LogP contribution in [0.1, 0.15) is 5.69 Å². The summed E-state index contributed by atoms with van der Waals surface area (Å²) in [6.45, 7) is 0.527. The van der Waals surface area contributed by atoms with Crippen LogP contribution in [-0.2, 0) is 6.42 Å². The van der Waals surface area contributed by atoms with Crippen molar-refractivity contribution in [2.75, 3.05) is 6.54 Å². The van der Waals surface area contributed by atoms with Crippen molar-refractivity contribution >= 4 is 16.4 Å². The lowest BCUT2D eigenvalue weighted by Gasteiger charge is -1.98. The molecule has 2 aromatic heterocycles. The van der Waals surface area contributed by atoms with Gasteiger partial charge >= 0.3 is 5.69 Å². The van der Waals surface area contributed by atoms with Crippen molar-refractivity contribution in [3.05, 3.63) is 46.5 Å². The normalized spacial score (nSPS) is 11.4. The average Bonchev–Trinajstić information content (AvgIpc) is 2.74. The summed E-state index contributed by atoms with van der Waals surface area (Å²) in [4.78, 5) is 14.6. The van der Waals surface area contributed by atoms with Gasteiger partial charge < -0.3 is 10.7 Å². The van der Waals surface area contributed by atoms with Gasteiger partial charge in [0.2, 0.25) is 0 Å². The molecule has 17 heavy (non-hydrogen) atoms. The van der Waals surface area contributed by atoms with Crippen LogP contribution >= 0.6 is 0 Å². The summed E-state index contributed by atoms with van der Waals surface area (Å²) < 4.78 is 1.40. The molecular weight excluding hydrogens is 216 g/mol. The second kappa shape index (κ2) is 3.71. The lowest BCUT2D eigenvalue weighted by molar-refractivity contribution is 0.824. The zero-order valence-corrected chi connectivity index (χ0v) is 9.18. The Morgan fingerprint density at radius 2 is 2.18 bits per heavy atom. The van der Waals surface area contributed by atoms with Gasteiger partial charge in [-0.25, -0.2) is 4.79 Å². The summed E-state index contributed by atoms with van der Waals surface area (Å²) in [6.07, 6.45) is 0.676. The Morgan fingerprint density at radius 3 is 3.00 bits per heavy atom. The van der Waals surface area contributed by atoms with Gasteiger partial charge in [-0.15, -0.1) is 0 Å². The van der Waals surface area contributed by atoms with E-state index in [2.05, 4.69) is 10.1 Å². The van der Waals surface area contributed by atoms with Gasteiger partial charge in [0.1, 0.15) is 0 Å². The third kappa shape index (κ3) is 1.52. The monoisotopic (exact) mass is 228 g/mol. The van der Waals surface area contributed by atoms with E-state index >= 15 is 0 Å². The summed E-state index contributed by atoms with van der Waals surface area (Å²) in [6, 6.07) is 9.60. The molecule has 2 heterocycles. The fourth-order valence-corrected chi connectivity index (χ4v) is 2.03. The summed E-state index contributed by atoms with van der Waals surface area (Å²) >= 11 is 0. The largest absolute Gasteiger partial charge is 0.347 e. The molecule has 5 nitrogen and oxygen atoms in total. The minimum Gasteiger partial charge on any atom is -0.330 e. The number of rotatable bonds is 2. The number of nitrogens with two attached hydrogens (primary N) is 1. The van der Waals surface area contributed by atoms with Crippen LogP contribution < -0.4 is 11.4 Å². The third-order valence-electron chi connectivity index (χ3n) is 2.80. The zero-order chi connectivity index (χ0) is 11.8. The van der Waals surface area contributed by atoms with Crippen molar-refractivity contribution in [1.29, 1.82) is 0 Å². The van der Waals surface area contributed by atoms with Gasteiger partial charge in [0.05, 0.1) is 16.7 Å². The lowest BCUT2D eigenvalue weighted by Crippen LogP contribution is -2.17. The van der Waals surface area contributed by atoms with Crippen LogP contribution in [0.4, 0.5) is 0 Å². The molecule has 0 aliphatic carbocycles. The molecule has 0 aliphatic rings. The van der Waals surface area contributed by atoms with E-state index in [1.54, 1.807) is 0 Å². The lowest BCUT2D eigenvalue weighted by atomic mass is 10.2.